The Morgan fingerprint density at radius 3 is 2.71 bits per heavy atom. The van der Waals surface area contributed by atoms with Crippen molar-refractivity contribution in [2.75, 3.05) is 11.9 Å². The van der Waals surface area contributed by atoms with Gasteiger partial charge in [-0.1, -0.05) is 23.2 Å². The molecular weight excluding hydrogens is 262 g/mol. The van der Waals surface area contributed by atoms with Gasteiger partial charge in [0.1, 0.15) is 5.82 Å². The second-order valence-corrected chi connectivity index (χ2v) is 4.52. The number of halogens is 3. The molecule has 2 nitrogen and oxygen atoms in total. The van der Waals surface area contributed by atoms with Crippen LogP contribution in [-0.2, 0) is 0 Å². The lowest BCUT2D eigenvalue weighted by molar-refractivity contribution is 0.630. The smallest absolute Gasteiger partial charge is 0.161 e. The van der Waals surface area contributed by atoms with Gasteiger partial charge in [0.2, 0.25) is 0 Å². The number of aromatic nitrogens is 1. The van der Waals surface area contributed by atoms with Gasteiger partial charge in [-0.05, 0) is 31.5 Å². The maximum atomic E-state index is 13.5. The topological polar surface area (TPSA) is 24.9 Å². The summed E-state index contributed by atoms with van der Waals surface area (Å²) in [5.74, 6) is 0.164. The largest absolute Gasteiger partial charge is 0.370 e. The summed E-state index contributed by atoms with van der Waals surface area (Å²) in [6.07, 6.45) is 0. The molecule has 1 aromatic heterocycles. The first-order valence-electron chi connectivity index (χ1n) is 5.23. The van der Waals surface area contributed by atoms with Crippen LogP contribution in [-0.4, -0.2) is 11.5 Å². The number of benzene rings is 1. The number of fused-ring (bicyclic) bond motifs is 1. The monoisotopic (exact) mass is 272 g/mol. The van der Waals surface area contributed by atoms with Crippen LogP contribution in [0.2, 0.25) is 10.0 Å². The highest BCUT2D eigenvalue weighted by Crippen LogP contribution is 2.32. The van der Waals surface area contributed by atoms with Crippen LogP contribution in [0.1, 0.15) is 12.5 Å². The third kappa shape index (κ3) is 2.17. The first kappa shape index (κ1) is 12.4. The van der Waals surface area contributed by atoms with Crippen LogP contribution in [0.3, 0.4) is 0 Å². The Kier molecular flexibility index (Phi) is 3.40. The van der Waals surface area contributed by atoms with Gasteiger partial charge in [0.25, 0.3) is 0 Å². The highest BCUT2D eigenvalue weighted by Gasteiger charge is 2.13. The molecule has 0 radical (unpaired) electrons. The number of aryl methyl sites for hydroxylation is 1. The molecule has 0 unspecified atom stereocenters. The second kappa shape index (κ2) is 4.67. The molecule has 0 aliphatic carbocycles. The maximum Gasteiger partial charge on any atom is 0.161 e. The van der Waals surface area contributed by atoms with E-state index < -0.39 is 5.82 Å². The molecule has 1 heterocycles. The molecule has 0 atom stereocenters. The Balaban J connectivity index is 2.74. The van der Waals surface area contributed by atoms with Crippen molar-refractivity contribution < 1.29 is 4.39 Å². The normalized spacial score (nSPS) is 10.9. The summed E-state index contributed by atoms with van der Waals surface area (Å²) >= 11 is 11.7. The highest BCUT2D eigenvalue weighted by atomic mass is 35.5. The molecule has 0 amide bonds. The van der Waals surface area contributed by atoms with Crippen molar-refractivity contribution in [3.8, 4) is 0 Å². The molecule has 90 valence electrons. The number of hydrogen-bond donors (Lipinski definition) is 1. The van der Waals surface area contributed by atoms with Crippen LogP contribution in [0.4, 0.5) is 10.2 Å². The fourth-order valence-electron chi connectivity index (χ4n) is 1.67. The molecule has 1 N–H and O–H groups in total. The number of hydrogen-bond acceptors (Lipinski definition) is 2. The van der Waals surface area contributed by atoms with E-state index in [1.165, 1.54) is 6.07 Å². The van der Waals surface area contributed by atoms with E-state index in [0.717, 1.165) is 17.9 Å². The molecular formula is C12H11Cl2FN2. The van der Waals surface area contributed by atoms with Crippen molar-refractivity contribution in [2.45, 2.75) is 13.8 Å². The first-order chi connectivity index (χ1) is 8.04. The van der Waals surface area contributed by atoms with Gasteiger partial charge in [-0.3, -0.25) is 0 Å². The number of anilines is 1. The van der Waals surface area contributed by atoms with Crippen molar-refractivity contribution >= 4 is 39.9 Å². The molecule has 0 aliphatic rings. The van der Waals surface area contributed by atoms with Crippen molar-refractivity contribution in [3.05, 3.63) is 33.6 Å². The van der Waals surface area contributed by atoms with E-state index >= 15 is 0 Å². The van der Waals surface area contributed by atoms with Crippen molar-refractivity contribution in [1.82, 2.24) is 4.98 Å². The quantitative estimate of drug-likeness (QED) is 0.819. The molecule has 17 heavy (non-hydrogen) atoms. The lowest BCUT2D eigenvalue weighted by atomic mass is 10.1. The van der Waals surface area contributed by atoms with Crippen LogP contribution in [0, 0.1) is 12.7 Å². The molecule has 5 heteroatoms. The number of rotatable bonds is 2. The third-order valence-electron chi connectivity index (χ3n) is 2.49. The minimum Gasteiger partial charge on any atom is -0.370 e. The Bertz CT molecular complexity index is 584. The van der Waals surface area contributed by atoms with E-state index in [4.69, 9.17) is 23.2 Å². The van der Waals surface area contributed by atoms with E-state index in [2.05, 4.69) is 10.3 Å². The SMILES string of the molecule is CCNc1nc2cc(Cl)c(F)c(Cl)c2cc1C. The summed E-state index contributed by atoms with van der Waals surface area (Å²) < 4.78 is 13.5. The summed E-state index contributed by atoms with van der Waals surface area (Å²) in [6.45, 7) is 4.64. The van der Waals surface area contributed by atoms with E-state index in [1.54, 1.807) is 0 Å². The van der Waals surface area contributed by atoms with Gasteiger partial charge in [-0.25, -0.2) is 9.37 Å². The Hall–Kier alpha value is -1.06. The van der Waals surface area contributed by atoms with Crippen molar-refractivity contribution in [3.63, 3.8) is 0 Å². The van der Waals surface area contributed by atoms with Crippen LogP contribution < -0.4 is 5.32 Å². The molecule has 0 saturated carbocycles. The lowest BCUT2D eigenvalue weighted by Crippen LogP contribution is -2.02. The molecule has 0 aliphatic heterocycles. The summed E-state index contributed by atoms with van der Waals surface area (Å²) in [4.78, 5) is 4.38. The fourth-order valence-corrected chi connectivity index (χ4v) is 2.17. The summed E-state index contributed by atoms with van der Waals surface area (Å²) in [7, 11) is 0. The van der Waals surface area contributed by atoms with Crippen LogP contribution in [0.5, 0.6) is 0 Å². The lowest BCUT2D eigenvalue weighted by Gasteiger charge is -2.10. The molecule has 0 saturated heterocycles. The molecule has 2 rings (SSSR count). The van der Waals surface area contributed by atoms with Gasteiger partial charge in [0.15, 0.2) is 5.82 Å². The van der Waals surface area contributed by atoms with Crippen LogP contribution >= 0.6 is 23.2 Å². The number of nitrogens with one attached hydrogen (secondary N) is 1. The maximum absolute atomic E-state index is 13.5. The predicted molar refractivity (Wildman–Crippen MR) is 70.6 cm³/mol. The standard InChI is InChI=1S/C12H11Cl2FN2/c1-3-16-12-6(2)4-7-9(17-12)5-8(13)11(15)10(7)14/h4-5H,3H2,1-2H3,(H,16,17). The first-order valence-corrected chi connectivity index (χ1v) is 5.99. The van der Waals surface area contributed by atoms with E-state index in [9.17, 15) is 4.39 Å². The zero-order chi connectivity index (χ0) is 12.6. The molecule has 1 aromatic carbocycles. The van der Waals surface area contributed by atoms with E-state index in [-0.39, 0.29) is 10.0 Å². The van der Waals surface area contributed by atoms with Gasteiger partial charge in [-0.15, -0.1) is 0 Å². The Morgan fingerprint density at radius 1 is 1.35 bits per heavy atom. The van der Waals surface area contributed by atoms with E-state index in [0.29, 0.717) is 10.9 Å². The van der Waals surface area contributed by atoms with Gasteiger partial charge < -0.3 is 5.32 Å². The zero-order valence-electron chi connectivity index (χ0n) is 9.44. The average Bonchev–Trinajstić information content (AvgIpc) is 2.29. The second-order valence-electron chi connectivity index (χ2n) is 3.74. The average molecular weight is 273 g/mol. The zero-order valence-corrected chi connectivity index (χ0v) is 11.0. The minimum absolute atomic E-state index is 0.0127. The van der Waals surface area contributed by atoms with Gasteiger partial charge in [0, 0.05) is 11.9 Å². The van der Waals surface area contributed by atoms with E-state index in [1.807, 2.05) is 19.9 Å². The van der Waals surface area contributed by atoms with Gasteiger partial charge in [0.05, 0.1) is 15.6 Å². The predicted octanol–water partition coefficient (Wildman–Crippen LogP) is 4.42. The molecule has 2 aromatic rings. The Morgan fingerprint density at radius 2 is 2.06 bits per heavy atom. The van der Waals surface area contributed by atoms with Gasteiger partial charge >= 0.3 is 0 Å². The molecule has 0 spiro atoms. The highest BCUT2D eigenvalue weighted by molar-refractivity contribution is 6.38. The fraction of sp³-hybridized carbons (Fsp3) is 0.250. The molecule has 0 fully saturated rings. The van der Waals surface area contributed by atoms with Crippen molar-refractivity contribution in [1.29, 1.82) is 0 Å². The van der Waals surface area contributed by atoms with Crippen molar-refractivity contribution in [2.24, 2.45) is 0 Å². The van der Waals surface area contributed by atoms with Crippen LogP contribution in [0.15, 0.2) is 12.1 Å². The summed E-state index contributed by atoms with van der Waals surface area (Å²) in [5.41, 5.74) is 1.51. The number of nitrogens with zero attached hydrogens (tertiary/aromatic N) is 1. The molecule has 0 bridgehead atoms. The van der Waals surface area contributed by atoms with Gasteiger partial charge in [-0.2, -0.15) is 0 Å². The summed E-state index contributed by atoms with van der Waals surface area (Å²) in [5, 5.41) is 3.71. The van der Waals surface area contributed by atoms with Crippen LogP contribution in [0.25, 0.3) is 10.9 Å². The minimum atomic E-state index is -0.599. The Labute approximate surface area is 109 Å². The summed E-state index contributed by atoms with van der Waals surface area (Å²) in [6, 6.07) is 3.29. The third-order valence-corrected chi connectivity index (χ3v) is 3.13. The number of pyridine rings is 1.